The lowest BCUT2D eigenvalue weighted by molar-refractivity contribution is -0.391. The predicted octanol–water partition coefficient (Wildman–Crippen LogP) is 4.23. The molecule has 0 saturated carbocycles. The van der Waals surface area contributed by atoms with Crippen LogP contribution in [0.3, 0.4) is 0 Å². The molecule has 0 N–H and O–H groups in total. The van der Waals surface area contributed by atoms with Crippen molar-refractivity contribution in [3.8, 4) is 11.5 Å². The topological polar surface area (TPSA) is 18.5 Å². The van der Waals surface area contributed by atoms with Crippen LogP contribution in [0.5, 0.6) is 11.5 Å². The fraction of sp³-hybridized carbons (Fsp3) is 0.500. The summed E-state index contributed by atoms with van der Waals surface area (Å²) in [6.07, 6.45) is -8.71. The van der Waals surface area contributed by atoms with E-state index >= 15 is 0 Å². The van der Waals surface area contributed by atoms with Crippen LogP contribution in [0.4, 0.5) is 17.6 Å². The average Bonchev–Trinajstić information content (AvgIpc) is 2.32. The van der Waals surface area contributed by atoms with Gasteiger partial charge in [0.15, 0.2) is 11.5 Å². The average molecular weight is 266 g/mol. The van der Waals surface area contributed by atoms with Gasteiger partial charge in [-0.05, 0) is 24.1 Å². The van der Waals surface area contributed by atoms with Crippen LogP contribution < -0.4 is 9.47 Å². The lowest BCUT2D eigenvalue weighted by Crippen LogP contribution is -2.52. The van der Waals surface area contributed by atoms with Gasteiger partial charge in [0.2, 0.25) is 0 Å². The number of rotatable bonds is 1. The lowest BCUT2D eigenvalue weighted by atomic mass is 10.1. The number of aryl methyl sites for hydroxylation is 1. The fourth-order valence-electron chi connectivity index (χ4n) is 1.33. The molecule has 0 radical (unpaired) electrons. The largest absolute Gasteiger partial charge is 0.507 e. The molecule has 6 heteroatoms. The maximum absolute atomic E-state index is 12.8. The summed E-state index contributed by atoms with van der Waals surface area (Å²) in [5.74, 6) is -0.747. The summed E-state index contributed by atoms with van der Waals surface area (Å²) in [4.78, 5) is 0. The van der Waals surface area contributed by atoms with Gasteiger partial charge in [0.25, 0.3) is 0 Å². The molecule has 18 heavy (non-hydrogen) atoms. The van der Waals surface area contributed by atoms with Crippen molar-refractivity contribution >= 4 is 0 Å². The second kappa shape index (κ2) is 5.04. The van der Waals surface area contributed by atoms with E-state index in [0.29, 0.717) is 12.0 Å². The Kier molecular flexibility index (Phi) is 4.09. The Morgan fingerprint density at radius 2 is 1.44 bits per heavy atom. The third kappa shape index (κ3) is 2.52. The lowest BCUT2D eigenvalue weighted by Gasteiger charge is -2.31. The van der Waals surface area contributed by atoms with E-state index in [9.17, 15) is 17.6 Å². The summed E-state index contributed by atoms with van der Waals surface area (Å²) < 4.78 is 59.0. The monoisotopic (exact) mass is 266 g/mol. The Bertz CT molecular complexity index is 419. The van der Waals surface area contributed by atoms with Gasteiger partial charge in [-0.3, -0.25) is 0 Å². The van der Waals surface area contributed by atoms with E-state index in [0.717, 1.165) is 0 Å². The van der Waals surface area contributed by atoms with Crippen molar-refractivity contribution in [2.24, 2.45) is 0 Å². The van der Waals surface area contributed by atoms with Crippen LogP contribution in [-0.4, -0.2) is 12.2 Å². The molecule has 0 saturated heterocycles. The summed E-state index contributed by atoms with van der Waals surface area (Å²) in [6.45, 7) is 5.80. The third-order valence-corrected chi connectivity index (χ3v) is 2.23. The summed E-state index contributed by atoms with van der Waals surface area (Å²) >= 11 is 0. The molecule has 0 atom stereocenters. The van der Waals surface area contributed by atoms with Crippen molar-refractivity contribution in [3.63, 3.8) is 0 Å². The van der Waals surface area contributed by atoms with Gasteiger partial charge in [-0.2, -0.15) is 17.6 Å². The van der Waals surface area contributed by atoms with Crippen molar-refractivity contribution in [1.82, 2.24) is 0 Å². The molecule has 1 aromatic rings. The van der Waals surface area contributed by atoms with E-state index in [1.807, 2.05) is 13.8 Å². The van der Waals surface area contributed by atoms with E-state index in [1.165, 1.54) is 18.2 Å². The van der Waals surface area contributed by atoms with Gasteiger partial charge in [0.1, 0.15) is 0 Å². The molecule has 0 bridgehead atoms. The molecule has 0 spiro atoms. The van der Waals surface area contributed by atoms with E-state index in [1.54, 1.807) is 6.92 Å². The van der Waals surface area contributed by atoms with E-state index in [-0.39, 0.29) is 11.5 Å². The Morgan fingerprint density at radius 3 is 1.94 bits per heavy atom. The first-order valence-corrected chi connectivity index (χ1v) is 5.62. The second-order valence-corrected chi connectivity index (χ2v) is 3.37. The van der Waals surface area contributed by atoms with Gasteiger partial charge < -0.3 is 9.47 Å². The summed E-state index contributed by atoms with van der Waals surface area (Å²) in [6, 6.07) is 3.97. The number of hydrogen-bond donors (Lipinski definition) is 0. The van der Waals surface area contributed by atoms with Gasteiger partial charge in [-0.1, -0.05) is 26.8 Å². The minimum absolute atomic E-state index is 0.365. The van der Waals surface area contributed by atoms with Gasteiger partial charge in [-0.25, -0.2) is 0 Å². The smallest absolute Gasteiger partial charge is 0.421 e. The maximum Gasteiger partial charge on any atom is 0.507 e. The van der Waals surface area contributed by atoms with Crippen LogP contribution >= 0.6 is 0 Å². The molecule has 1 aliphatic heterocycles. The Balaban J connectivity index is 0.000000771. The highest BCUT2D eigenvalue weighted by atomic mass is 19.3. The summed E-state index contributed by atoms with van der Waals surface area (Å²) in [5.41, 5.74) is 0.698. The van der Waals surface area contributed by atoms with Gasteiger partial charge >= 0.3 is 12.2 Å². The zero-order chi connectivity index (χ0) is 14.0. The molecule has 0 aromatic heterocycles. The summed E-state index contributed by atoms with van der Waals surface area (Å²) in [7, 11) is 0. The first-order chi connectivity index (χ1) is 8.36. The van der Waals surface area contributed by atoms with Gasteiger partial charge in [0.05, 0.1) is 0 Å². The molecular weight excluding hydrogens is 252 g/mol. The Labute approximate surface area is 103 Å². The molecule has 1 aromatic carbocycles. The number of benzene rings is 1. The van der Waals surface area contributed by atoms with Crippen molar-refractivity contribution in [3.05, 3.63) is 23.8 Å². The number of fused-ring (bicyclic) bond motifs is 1. The molecule has 2 rings (SSSR count). The Hall–Kier alpha value is -1.46. The standard InChI is InChI=1S/C10H8F4O2.C2H6/c1-2-6-3-4-7-8(5-6)16-10(13,14)9(11,12)15-7;1-2/h3-5H,2H2,1H3;1-2H3. The van der Waals surface area contributed by atoms with Crippen molar-refractivity contribution in [2.45, 2.75) is 39.4 Å². The van der Waals surface area contributed by atoms with Gasteiger partial charge in [0, 0.05) is 0 Å². The second-order valence-electron chi connectivity index (χ2n) is 3.37. The molecule has 0 amide bonds. The van der Waals surface area contributed by atoms with E-state index < -0.39 is 12.2 Å². The molecule has 0 unspecified atom stereocenters. The normalized spacial score (nSPS) is 18.6. The van der Waals surface area contributed by atoms with Crippen LogP contribution in [0, 0.1) is 0 Å². The highest BCUT2D eigenvalue weighted by molar-refractivity contribution is 5.44. The highest BCUT2D eigenvalue weighted by Gasteiger charge is 2.65. The minimum atomic E-state index is -4.65. The van der Waals surface area contributed by atoms with Crippen LogP contribution in [0.2, 0.25) is 0 Å². The quantitative estimate of drug-likeness (QED) is 0.708. The molecular formula is C12H14F4O2. The zero-order valence-corrected chi connectivity index (χ0v) is 10.3. The molecule has 1 aliphatic rings. The molecule has 0 fully saturated rings. The molecule has 2 nitrogen and oxygen atoms in total. The third-order valence-electron chi connectivity index (χ3n) is 2.23. The summed E-state index contributed by atoms with van der Waals surface area (Å²) in [5, 5.41) is 0. The number of halogens is 4. The highest BCUT2D eigenvalue weighted by Crippen LogP contribution is 2.46. The van der Waals surface area contributed by atoms with Gasteiger partial charge in [-0.15, -0.1) is 0 Å². The Morgan fingerprint density at radius 1 is 0.944 bits per heavy atom. The van der Waals surface area contributed by atoms with Crippen molar-refractivity contribution < 1.29 is 27.0 Å². The van der Waals surface area contributed by atoms with Crippen LogP contribution in [0.15, 0.2) is 18.2 Å². The SMILES string of the molecule is CC.CCc1ccc2c(c1)OC(F)(F)C(F)(F)O2. The van der Waals surface area contributed by atoms with Crippen LogP contribution in [0.25, 0.3) is 0 Å². The first kappa shape index (κ1) is 14.6. The van der Waals surface area contributed by atoms with Crippen LogP contribution in [-0.2, 0) is 6.42 Å². The maximum atomic E-state index is 12.8. The van der Waals surface area contributed by atoms with Crippen molar-refractivity contribution in [2.75, 3.05) is 0 Å². The number of ether oxygens (including phenoxy) is 2. The van der Waals surface area contributed by atoms with Crippen LogP contribution in [0.1, 0.15) is 26.3 Å². The molecule has 1 heterocycles. The zero-order valence-electron chi connectivity index (χ0n) is 10.3. The van der Waals surface area contributed by atoms with E-state index in [2.05, 4.69) is 9.47 Å². The first-order valence-electron chi connectivity index (χ1n) is 5.62. The fourth-order valence-corrected chi connectivity index (χ4v) is 1.33. The van der Waals surface area contributed by atoms with Crippen molar-refractivity contribution in [1.29, 1.82) is 0 Å². The minimum Gasteiger partial charge on any atom is -0.421 e. The molecule has 0 aliphatic carbocycles. The molecule has 102 valence electrons. The number of hydrogen-bond acceptors (Lipinski definition) is 2. The van der Waals surface area contributed by atoms with E-state index in [4.69, 9.17) is 0 Å². The predicted molar refractivity (Wildman–Crippen MR) is 58.3 cm³/mol. The number of alkyl halides is 4.